The monoisotopic (exact) mass is 482 g/mol. The Morgan fingerprint density at radius 3 is 2.26 bits per heavy atom. The molecule has 1 aliphatic rings. The Hall–Kier alpha value is -2.17. The van der Waals surface area contributed by atoms with Gasteiger partial charge in [-0.15, -0.1) is 10.2 Å². The Balaban J connectivity index is 1.39. The largest absolute Gasteiger partial charge is 0.497 e. The van der Waals surface area contributed by atoms with Crippen LogP contribution in [0.1, 0.15) is 5.89 Å². The number of sulfonamides is 1. The van der Waals surface area contributed by atoms with E-state index in [0.29, 0.717) is 44.5 Å². The first kappa shape index (κ1) is 22.0. The molecular formula is C20H20Cl2N4O4S. The lowest BCUT2D eigenvalue weighted by Gasteiger charge is -2.33. The van der Waals surface area contributed by atoms with Crippen molar-refractivity contribution in [2.24, 2.45) is 0 Å². The van der Waals surface area contributed by atoms with E-state index in [1.165, 1.54) is 16.4 Å². The predicted octanol–water partition coefficient (Wildman–Crippen LogP) is 3.56. The lowest BCUT2D eigenvalue weighted by molar-refractivity contribution is 0.168. The Labute approximate surface area is 190 Å². The molecule has 8 nitrogen and oxygen atoms in total. The molecule has 1 aromatic heterocycles. The summed E-state index contributed by atoms with van der Waals surface area (Å²) in [6.45, 7) is 2.08. The molecule has 0 radical (unpaired) electrons. The van der Waals surface area contributed by atoms with Gasteiger partial charge in [0.15, 0.2) is 0 Å². The highest BCUT2D eigenvalue weighted by Crippen LogP contribution is 2.32. The van der Waals surface area contributed by atoms with Gasteiger partial charge in [-0.3, -0.25) is 4.90 Å². The molecule has 1 fully saturated rings. The van der Waals surface area contributed by atoms with Crippen LogP contribution < -0.4 is 4.74 Å². The van der Waals surface area contributed by atoms with Crippen molar-refractivity contribution in [3.05, 3.63) is 58.4 Å². The van der Waals surface area contributed by atoms with Crippen molar-refractivity contribution in [3.63, 3.8) is 0 Å². The normalized spacial score (nSPS) is 15.8. The van der Waals surface area contributed by atoms with Crippen LogP contribution in [0.3, 0.4) is 0 Å². The molecule has 4 rings (SSSR count). The first-order valence-electron chi connectivity index (χ1n) is 9.52. The minimum absolute atomic E-state index is 0.0483. The molecule has 11 heteroatoms. The van der Waals surface area contributed by atoms with E-state index in [0.717, 1.165) is 11.3 Å². The number of hydrogen-bond donors (Lipinski definition) is 0. The Kier molecular flexibility index (Phi) is 6.49. The highest BCUT2D eigenvalue weighted by molar-refractivity contribution is 7.89. The van der Waals surface area contributed by atoms with Gasteiger partial charge >= 0.3 is 0 Å². The smallest absolute Gasteiger partial charge is 0.247 e. The number of halogens is 2. The van der Waals surface area contributed by atoms with Gasteiger partial charge in [0.05, 0.1) is 23.7 Å². The van der Waals surface area contributed by atoms with E-state index >= 15 is 0 Å². The summed E-state index contributed by atoms with van der Waals surface area (Å²) < 4.78 is 38.3. The summed E-state index contributed by atoms with van der Waals surface area (Å²) in [5, 5.41) is 8.45. The summed E-state index contributed by atoms with van der Waals surface area (Å²) in [7, 11) is -2.17. The predicted molar refractivity (Wildman–Crippen MR) is 117 cm³/mol. The fourth-order valence-electron chi connectivity index (χ4n) is 3.35. The zero-order chi connectivity index (χ0) is 22.0. The minimum Gasteiger partial charge on any atom is -0.497 e. The third-order valence-electron chi connectivity index (χ3n) is 5.01. The molecule has 2 heterocycles. The van der Waals surface area contributed by atoms with Crippen molar-refractivity contribution in [3.8, 4) is 17.2 Å². The zero-order valence-corrected chi connectivity index (χ0v) is 19.0. The third-order valence-corrected chi connectivity index (χ3v) is 7.87. The summed E-state index contributed by atoms with van der Waals surface area (Å²) in [6.07, 6.45) is 0. The van der Waals surface area contributed by atoms with E-state index < -0.39 is 10.0 Å². The molecule has 1 saturated heterocycles. The number of aromatic nitrogens is 2. The van der Waals surface area contributed by atoms with Gasteiger partial charge in [0.2, 0.25) is 21.8 Å². The number of ether oxygens (including phenoxy) is 1. The van der Waals surface area contributed by atoms with Crippen LogP contribution in [0, 0.1) is 0 Å². The molecule has 0 saturated carbocycles. The fourth-order valence-corrected chi connectivity index (χ4v) is 5.86. The van der Waals surface area contributed by atoms with Crippen molar-refractivity contribution >= 4 is 33.2 Å². The van der Waals surface area contributed by atoms with E-state index in [9.17, 15) is 8.42 Å². The number of hydrogen-bond acceptors (Lipinski definition) is 7. The van der Waals surface area contributed by atoms with Gasteiger partial charge in [-0.25, -0.2) is 8.42 Å². The summed E-state index contributed by atoms with van der Waals surface area (Å²) in [6, 6.07) is 12.0. The van der Waals surface area contributed by atoms with Gasteiger partial charge in [-0.05, 0) is 36.4 Å². The number of piperazine rings is 1. The van der Waals surface area contributed by atoms with Crippen LogP contribution in [0.15, 0.2) is 51.8 Å². The summed E-state index contributed by atoms with van der Waals surface area (Å²) in [5.41, 5.74) is 0.798. The van der Waals surface area contributed by atoms with Crippen molar-refractivity contribution in [2.45, 2.75) is 11.4 Å². The van der Waals surface area contributed by atoms with Crippen LogP contribution in [0.4, 0.5) is 0 Å². The second-order valence-electron chi connectivity index (χ2n) is 6.96. The molecule has 0 bridgehead atoms. The maximum Gasteiger partial charge on any atom is 0.247 e. The highest BCUT2D eigenvalue weighted by atomic mass is 35.5. The van der Waals surface area contributed by atoms with Crippen LogP contribution in [0.25, 0.3) is 11.5 Å². The van der Waals surface area contributed by atoms with Crippen molar-refractivity contribution < 1.29 is 17.6 Å². The molecule has 164 valence electrons. The van der Waals surface area contributed by atoms with Crippen LogP contribution in [-0.2, 0) is 16.6 Å². The van der Waals surface area contributed by atoms with Gasteiger partial charge in [-0.1, -0.05) is 29.3 Å². The molecular weight excluding hydrogens is 463 g/mol. The lowest BCUT2D eigenvalue weighted by Crippen LogP contribution is -2.48. The van der Waals surface area contributed by atoms with Crippen LogP contribution in [0.5, 0.6) is 5.75 Å². The van der Waals surface area contributed by atoms with Gasteiger partial charge in [0, 0.05) is 31.7 Å². The molecule has 3 aromatic rings. The Morgan fingerprint density at radius 2 is 1.65 bits per heavy atom. The molecule has 31 heavy (non-hydrogen) atoms. The summed E-state index contributed by atoms with van der Waals surface area (Å²) in [5.74, 6) is 1.64. The molecule has 0 aliphatic carbocycles. The van der Waals surface area contributed by atoms with Crippen molar-refractivity contribution in [1.82, 2.24) is 19.4 Å². The number of benzene rings is 2. The minimum atomic E-state index is -3.78. The Morgan fingerprint density at radius 1 is 1.00 bits per heavy atom. The van der Waals surface area contributed by atoms with E-state index in [4.69, 9.17) is 32.4 Å². The Bertz CT molecular complexity index is 1140. The first-order chi connectivity index (χ1) is 14.9. The number of methoxy groups -OCH3 is 1. The van der Waals surface area contributed by atoms with Crippen LogP contribution >= 0.6 is 23.2 Å². The van der Waals surface area contributed by atoms with Crippen LogP contribution in [-0.4, -0.2) is 61.1 Å². The van der Waals surface area contributed by atoms with E-state index in [1.807, 2.05) is 24.3 Å². The zero-order valence-electron chi connectivity index (χ0n) is 16.7. The van der Waals surface area contributed by atoms with E-state index in [1.54, 1.807) is 13.2 Å². The SMILES string of the molecule is COc1ccc(-c2nnc(CN3CCN(S(=O)(=O)c4c(Cl)cccc4Cl)CC3)o2)cc1. The highest BCUT2D eigenvalue weighted by Gasteiger charge is 2.32. The maximum absolute atomic E-state index is 13.0. The van der Waals surface area contributed by atoms with E-state index in [2.05, 4.69) is 15.1 Å². The summed E-state index contributed by atoms with van der Waals surface area (Å²) >= 11 is 12.2. The summed E-state index contributed by atoms with van der Waals surface area (Å²) in [4.78, 5) is 2.01. The average Bonchev–Trinajstić information content (AvgIpc) is 3.22. The fraction of sp³-hybridized carbons (Fsp3) is 0.300. The quantitative estimate of drug-likeness (QED) is 0.530. The van der Waals surface area contributed by atoms with Crippen molar-refractivity contribution in [2.75, 3.05) is 33.3 Å². The maximum atomic E-state index is 13.0. The van der Waals surface area contributed by atoms with Crippen LogP contribution in [0.2, 0.25) is 10.0 Å². The van der Waals surface area contributed by atoms with Gasteiger partial charge in [0.1, 0.15) is 10.6 Å². The van der Waals surface area contributed by atoms with Gasteiger partial charge in [0.25, 0.3) is 0 Å². The topological polar surface area (TPSA) is 88.8 Å². The molecule has 0 N–H and O–H groups in total. The molecule has 0 spiro atoms. The molecule has 0 amide bonds. The number of rotatable bonds is 6. The van der Waals surface area contributed by atoms with Crippen molar-refractivity contribution in [1.29, 1.82) is 0 Å². The lowest BCUT2D eigenvalue weighted by atomic mass is 10.2. The average molecular weight is 483 g/mol. The molecule has 1 aliphatic heterocycles. The van der Waals surface area contributed by atoms with E-state index in [-0.39, 0.29) is 14.9 Å². The molecule has 0 unspecified atom stereocenters. The first-order valence-corrected chi connectivity index (χ1v) is 11.7. The number of nitrogens with zero attached hydrogens (tertiary/aromatic N) is 4. The molecule has 2 aromatic carbocycles. The second kappa shape index (κ2) is 9.13. The molecule has 0 atom stereocenters. The standard InChI is InChI=1S/C20H20Cl2N4O4S/c1-29-15-7-5-14(6-8-15)20-24-23-18(30-20)13-25-9-11-26(12-10-25)31(27,28)19-16(21)3-2-4-17(19)22/h2-8H,9-13H2,1H3. The van der Waals surface area contributed by atoms with Gasteiger partial charge in [-0.2, -0.15) is 4.31 Å². The third kappa shape index (κ3) is 4.70. The second-order valence-corrected chi connectivity index (χ2v) is 9.65. The van der Waals surface area contributed by atoms with Gasteiger partial charge < -0.3 is 9.15 Å².